The van der Waals surface area contributed by atoms with Gasteiger partial charge in [-0.15, -0.1) is 0 Å². The number of alkyl halides is 2. The fourth-order valence-electron chi connectivity index (χ4n) is 3.59. The molecule has 1 amide bonds. The van der Waals surface area contributed by atoms with Gasteiger partial charge in [0, 0.05) is 38.8 Å². The van der Waals surface area contributed by atoms with Gasteiger partial charge in [0.1, 0.15) is 18.5 Å². The van der Waals surface area contributed by atoms with Crippen LogP contribution in [0.2, 0.25) is 0 Å². The van der Waals surface area contributed by atoms with E-state index in [1.54, 1.807) is 6.07 Å². The van der Waals surface area contributed by atoms with Gasteiger partial charge in [0.25, 0.3) is 5.91 Å². The number of carbonyl (C=O) groups excluding carboxylic acids is 1. The highest BCUT2D eigenvalue weighted by Crippen LogP contribution is 2.27. The van der Waals surface area contributed by atoms with Crippen LogP contribution in [0, 0.1) is 5.95 Å². The molecular formula is C17H23F3N4O. The molecule has 0 radical (unpaired) electrons. The van der Waals surface area contributed by atoms with E-state index in [2.05, 4.69) is 15.2 Å². The molecule has 25 heavy (non-hydrogen) atoms. The van der Waals surface area contributed by atoms with Crippen LogP contribution >= 0.6 is 0 Å². The van der Waals surface area contributed by atoms with Crippen LogP contribution < -0.4 is 10.2 Å². The molecule has 3 heterocycles. The number of hydrogen-bond acceptors (Lipinski definition) is 4. The van der Waals surface area contributed by atoms with Crippen molar-refractivity contribution in [3.05, 3.63) is 23.8 Å². The van der Waals surface area contributed by atoms with Crippen LogP contribution in [0.25, 0.3) is 0 Å². The van der Waals surface area contributed by atoms with Gasteiger partial charge in [-0.1, -0.05) is 0 Å². The summed E-state index contributed by atoms with van der Waals surface area (Å²) >= 11 is 0. The lowest BCUT2D eigenvalue weighted by Crippen LogP contribution is -2.44. The van der Waals surface area contributed by atoms with Crippen molar-refractivity contribution in [3.63, 3.8) is 0 Å². The fourth-order valence-corrected chi connectivity index (χ4v) is 3.59. The largest absolute Gasteiger partial charge is 0.368 e. The molecular weight excluding hydrogens is 333 g/mol. The van der Waals surface area contributed by atoms with Crippen molar-refractivity contribution in [2.75, 3.05) is 44.3 Å². The monoisotopic (exact) mass is 356 g/mol. The number of likely N-dealkylation sites (tertiary alicyclic amines) is 1. The fraction of sp³-hybridized carbons (Fsp3) is 0.647. The molecule has 1 atom stereocenters. The second-order valence-electron chi connectivity index (χ2n) is 6.55. The summed E-state index contributed by atoms with van der Waals surface area (Å²) in [7, 11) is 0. The predicted molar refractivity (Wildman–Crippen MR) is 88.8 cm³/mol. The number of piperidine rings is 1. The lowest BCUT2D eigenvalue weighted by atomic mass is 10.0. The molecule has 1 aromatic rings. The molecule has 3 rings (SSSR count). The summed E-state index contributed by atoms with van der Waals surface area (Å²) in [6.07, 6.45) is 1.58. The van der Waals surface area contributed by atoms with E-state index in [-0.39, 0.29) is 12.2 Å². The maximum atomic E-state index is 14.3. The van der Waals surface area contributed by atoms with Crippen molar-refractivity contribution in [2.45, 2.75) is 31.5 Å². The second-order valence-corrected chi connectivity index (χ2v) is 6.55. The highest BCUT2D eigenvalue weighted by atomic mass is 19.1. The third-order valence-corrected chi connectivity index (χ3v) is 4.93. The molecule has 1 unspecified atom stereocenters. The molecule has 1 N–H and O–H groups in total. The zero-order valence-corrected chi connectivity index (χ0v) is 14.1. The van der Waals surface area contributed by atoms with Crippen molar-refractivity contribution in [1.82, 2.24) is 15.2 Å². The Morgan fingerprint density at radius 1 is 1.24 bits per heavy atom. The Bertz CT molecular complexity index is 608. The van der Waals surface area contributed by atoms with Gasteiger partial charge in [-0.05, 0) is 31.4 Å². The first-order valence-corrected chi connectivity index (χ1v) is 8.72. The number of nitrogens with one attached hydrogen (secondary N) is 1. The number of carbonyl (C=O) groups is 1. The Morgan fingerprint density at radius 2 is 2.00 bits per heavy atom. The number of aromatic nitrogens is 1. The molecule has 2 aliphatic rings. The van der Waals surface area contributed by atoms with Gasteiger partial charge < -0.3 is 10.2 Å². The van der Waals surface area contributed by atoms with Crippen LogP contribution in [0.15, 0.2) is 12.1 Å². The number of rotatable bonds is 5. The van der Waals surface area contributed by atoms with Crippen LogP contribution in [-0.4, -0.2) is 67.4 Å². The first-order chi connectivity index (χ1) is 12.1. The molecule has 0 bridgehead atoms. The van der Waals surface area contributed by atoms with E-state index in [0.717, 1.165) is 19.4 Å². The molecule has 138 valence electrons. The zero-order valence-electron chi connectivity index (χ0n) is 14.1. The minimum absolute atomic E-state index is 0.0596. The third-order valence-electron chi connectivity index (χ3n) is 4.93. The molecule has 2 aliphatic heterocycles. The van der Waals surface area contributed by atoms with Gasteiger partial charge in [-0.3, -0.25) is 9.69 Å². The van der Waals surface area contributed by atoms with E-state index in [4.69, 9.17) is 0 Å². The normalized spacial score (nSPS) is 22.4. The molecule has 0 aromatic carbocycles. The Kier molecular flexibility index (Phi) is 5.78. The van der Waals surface area contributed by atoms with E-state index in [0.29, 0.717) is 37.8 Å². The number of hydrogen-bond donors (Lipinski definition) is 1. The SMILES string of the molecule is O=C(NCCF)c1ccc(N2CCC(N3CCC(F)C3)CC2)c(F)n1. The van der Waals surface area contributed by atoms with Gasteiger partial charge in [-0.25, -0.2) is 13.8 Å². The van der Waals surface area contributed by atoms with Gasteiger partial charge >= 0.3 is 0 Å². The Balaban J connectivity index is 1.58. The first kappa shape index (κ1) is 18.0. The van der Waals surface area contributed by atoms with Crippen molar-refractivity contribution >= 4 is 11.6 Å². The number of anilines is 1. The molecule has 5 nitrogen and oxygen atoms in total. The molecule has 0 spiro atoms. The van der Waals surface area contributed by atoms with Crippen molar-refractivity contribution in [2.24, 2.45) is 0 Å². The van der Waals surface area contributed by atoms with E-state index >= 15 is 0 Å². The van der Waals surface area contributed by atoms with E-state index in [1.807, 2.05) is 4.90 Å². The van der Waals surface area contributed by atoms with Crippen LogP contribution in [0.5, 0.6) is 0 Å². The van der Waals surface area contributed by atoms with Crippen molar-refractivity contribution in [3.8, 4) is 0 Å². The molecule has 1 aromatic heterocycles. The smallest absolute Gasteiger partial charge is 0.270 e. The summed E-state index contributed by atoms with van der Waals surface area (Å²) in [5, 5.41) is 2.32. The molecule has 0 aliphatic carbocycles. The average Bonchev–Trinajstić information content (AvgIpc) is 3.06. The Labute approximate surface area is 145 Å². The standard InChI is InChI=1S/C17H23F3N4O/c18-6-7-21-17(25)14-1-2-15(16(20)22-14)23-9-4-13(5-10-23)24-8-3-12(19)11-24/h1-2,12-13H,3-11H2,(H,21,25). The molecule has 0 saturated carbocycles. The van der Waals surface area contributed by atoms with Gasteiger partial charge in [0.15, 0.2) is 0 Å². The summed E-state index contributed by atoms with van der Waals surface area (Å²) in [4.78, 5) is 19.5. The summed E-state index contributed by atoms with van der Waals surface area (Å²) < 4.78 is 39.7. The molecule has 2 fully saturated rings. The number of pyridine rings is 1. The average molecular weight is 356 g/mol. The lowest BCUT2D eigenvalue weighted by molar-refractivity contribution is 0.0944. The molecule has 8 heteroatoms. The number of nitrogens with zero attached hydrogens (tertiary/aromatic N) is 3. The lowest BCUT2D eigenvalue weighted by Gasteiger charge is -2.37. The van der Waals surface area contributed by atoms with Crippen LogP contribution in [0.4, 0.5) is 18.9 Å². The zero-order chi connectivity index (χ0) is 17.8. The highest BCUT2D eigenvalue weighted by Gasteiger charge is 2.31. The van der Waals surface area contributed by atoms with Crippen molar-refractivity contribution < 1.29 is 18.0 Å². The predicted octanol–water partition coefficient (Wildman–Crippen LogP) is 1.93. The Morgan fingerprint density at radius 3 is 2.60 bits per heavy atom. The quantitative estimate of drug-likeness (QED) is 0.819. The molecule has 2 saturated heterocycles. The summed E-state index contributed by atoms with van der Waals surface area (Å²) in [5.41, 5.74) is 0.306. The van der Waals surface area contributed by atoms with Crippen LogP contribution in [0.1, 0.15) is 29.8 Å². The number of amides is 1. The van der Waals surface area contributed by atoms with E-state index in [1.165, 1.54) is 6.07 Å². The summed E-state index contributed by atoms with van der Waals surface area (Å²) in [5.74, 6) is -1.28. The van der Waals surface area contributed by atoms with Gasteiger partial charge in [-0.2, -0.15) is 4.39 Å². The van der Waals surface area contributed by atoms with Crippen LogP contribution in [-0.2, 0) is 0 Å². The second kappa shape index (κ2) is 8.03. The van der Waals surface area contributed by atoms with Crippen molar-refractivity contribution in [1.29, 1.82) is 0 Å². The van der Waals surface area contributed by atoms with Crippen LogP contribution in [0.3, 0.4) is 0 Å². The minimum atomic E-state index is -0.726. The maximum Gasteiger partial charge on any atom is 0.270 e. The van der Waals surface area contributed by atoms with E-state index < -0.39 is 24.7 Å². The first-order valence-electron chi connectivity index (χ1n) is 8.72. The van der Waals surface area contributed by atoms with Gasteiger partial charge in [0.2, 0.25) is 5.95 Å². The summed E-state index contributed by atoms with van der Waals surface area (Å²) in [6, 6.07) is 3.34. The van der Waals surface area contributed by atoms with E-state index in [9.17, 15) is 18.0 Å². The third kappa shape index (κ3) is 4.23. The highest BCUT2D eigenvalue weighted by molar-refractivity contribution is 5.92. The minimum Gasteiger partial charge on any atom is -0.368 e. The summed E-state index contributed by atoms with van der Waals surface area (Å²) in [6.45, 7) is 1.84. The number of halogens is 3. The topological polar surface area (TPSA) is 48.5 Å². The Hall–Kier alpha value is -1.83. The van der Waals surface area contributed by atoms with Gasteiger partial charge in [0.05, 0.1) is 5.69 Å². The maximum absolute atomic E-state index is 14.3.